The summed E-state index contributed by atoms with van der Waals surface area (Å²) in [7, 11) is 4.42. The maximum absolute atomic E-state index is 12.2. The van der Waals surface area contributed by atoms with E-state index in [1.54, 1.807) is 32.3 Å². The van der Waals surface area contributed by atoms with E-state index < -0.39 is 6.09 Å². The number of benzene rings is 1. The van der Waals surface area contributed by atoms with E-state index in [-0.39, 0.29) is 12.0 Å². The van der Waals surface area contributed by atoms with Crippen LogP contribution in [0.2, 0.25) is 5.02 Å². The van der Waals surface area contributed by atoms with E-state index in [1.165, 1.54) is 16.6 Å². The number of ether oxygens (including phenoxy) is 1. The molecule has 20 heavy (non-hydrogen) atoms. The van der Waals surface area contributed by atoms with Crippen LogP contribution in [0, 0.1) is 0 Å². The fourth-order valence-corrected chi connectivity index (χ4v) is 1.83. The van der Waals surface area contributed by atoms with Crippen molar-refractivity contribution in [2.45, 2.75) is 0 Å². The maximum atomic E-state index is 12.2. The molecule has 1 heterocycles. The summed E-state index contributed by atoms with van der Waals surface area (Å²) in [4.78, 5) is 29.1. The van der Waals surface area contributed by atoms with Gasteiger partial charge >= 0.3 is 12.1 Å². The SMILES string of the molecule is COC(=O)Nc1nc2ccc(Cl)cc2n1C(=O)N(C)C. The first-order valence-electron chi connectivity index (χ1n) is 5.68. The number of hydrogen-bond donors (Lipinski definition) is 1. The van der Waals surface area contributed by atoms with Gasteiger partial charge in [0.1, 0.15) is 0 Å². The van der Waals surface area contributed by atoms with Gasteiger partial charge < -0.3 is 9.64 Å². The number of fused-ring (bicyclic) bond motifs is 1. The summed E-state index contributed by atoms with van der Waals surface area (Å²) in [5, 5.41) is 2.87. The van der Waals surface area contributed by atoms with Gasteiger partial charge in [0.25, 0.3) is 0 Å². The molecule has 0 aliphatic heterocycles. The van der Waals surface area contributed by atoms with Crippen molar-refractivity contribution in [3.8, 4) is 0 Å². The second kappa shape index (κ2) is 5.38. The van der Waals surface area contributed by atoms with Crippen LogP contribution in [0.5, 0.6) is 0 Å². The second-order valence-corrected chi connectivity index (χ2v) is 4.63. The van der Waals surface area contributed by atoms with E-state index in [0.29, 0.717) is 16.1 Å². The van der Waals surface area contributed by atoms with Gasteiger partial charge in [0, 0.05) is 19.1 Å². The lowest BCUT2D eigenvalue weighted by Gasteiger charge is -2.13. The van der Waals surface area contributed by atoms with Gasteiger partial charge in [0.15, 0.2) is 0 Å². The molecule has 0 fully saturated rings. The molecule has 0 atom stereocenters. The van der Waals surface area contributed by atoms with Crippen LogP contribution in [-0.4, -0.2) is 47.8 Å². The molecule has 0 radical (unpaired) electrons. The molecule has 0 saturated heterocycles. The first kappa shape index (κ1) is 14.1. The van der Waals surface area contributed by atoms with E-state index in [4.69, 9.17) is 11.6 Å². The fourth-order valence-electron chi connectivity index (χ4n) is 1.67. The van der Waals surface area contributed by atoms with Gasteiger partial charge in [0.2, 0.25) is 5.95 Å². The maximum Gasteiger partial charge on any atom is 0.413 e. The van der Waals surface area contributed by atoms with Crippen LogP contribution in [-0.2, 0) is 4.74 Å². The van der Waals surface area contributed by atoms with Gasteiger partial charge in [-0.1, -0.05) is 11.6 Å². The Kier molecular flexibility index (Phi) is 3.80. The normalized spacial score (nSPS) is 10.4. The van der Waals surface area contributed by atoms with Gasteiger partial charge in [-0.15, -0.1) is 0 Å². The number of nitrogens with one attached hydrogen (secondary N) is 1. The van der Waals surface area contributed by atoms with Crippen molar-refractivity contribution < 1.29 is 14.3 Å². The Morgan fingerprint density at radius 2 is 2.10 bits per heavy atom. The summed E-state index contributed by atoms with van der Waals surface area (Å²) in [6, 6.07) is 4.57. The van der Waals surface area contributed by atoms with E-state index in [2.05, 4.69) is 15.0 Å². The fraction of sp³-hybridized carbons (Fsp3) is 0.250. The van der Waals surface area contributed by atoms with Gasteiger partial charge in [-0.05, 0) is 18.2 Å². The number of carbonyl (C=O) groups excluding carboxylic acids is 2. The zero-order chi connectivity index (χ0) is 14.9. The Bertz CT molecular complexity index is 681. The standard InChI is InChI=1S/C12H13ClN4O3/c1-16(2)12(19)17-9-6-7(13)4-5-8(9)14-10(17)15-11(18)20-3/h4-6H,1-3H3,(H,14,15,18). The van der Waals surface area contributed by atoms with E-state index in [9.17, 15) is 9.59 Å². The molecule has 1 aromatic carbocycles. The number of anilines is 1. The van der Waals surface area contributed by atoms with Crippen LogP contribution in [0.1, 0.15) is 0 Å². The first-order chi connectivity index (χ1) is 9.43. The third-order valence-electron chi connectivity index (χ3n) is 2.59. The molecule has 2 rings (SSSR count). The number of halogens is 1. The Balaban J connectivity index is 2.63. The summed E-state index contributed by atoms with van der Waals surface area (Å²) >= 11 is 5.94. The van der Waals surface area contributed by atoms with Gasteiger partial charge in [0.05, 0.1) is 18.1 Å². The molecule has 2 amide bonds. The highest BCUT2D eigenvalue weighted by molar-refractivity contribution is 6.31. The van der Waals surface area contributed by atoms with Crippen molar-refractivity contribution in [1.29, 1.82) is 0 Å². The average molecular weight is 297 g/mol. The lowest BCUT2D eigenvalue weighted by molar-refractivity contribution is 0.186. The summed E-state index contributed by atoms with van der Waals surface area (Å²) < 4.78 is 5.78. The molecular formula is C12H13ClN4O3. The molecule has 8 heteroatoms. The molecule has 2 aromatic rings. The summed E-state index contributed by atoms with van der Waals surface area (Å²) in [6.45, 7) is 0. The molecule has 0 unspecified atom stereocenters. The predicted octanol–water partition coefficient (Wildman–Crippen LogP) is 2.40. The van der Waals surface area contributed by atoms with Gasteiger partial charge in [-0.3, -0.25) is 5.32 Å². The zero-order valence-electron chi connectivity index (χ0n) is 11.2. The first-order valence-corrected chi connectivity index (χ1v) is 6.06. The number of nitrogens with zero attached hydrogens (tertiary/aromatic N) is 3. The van der Waals surface area contributed by atoms with Crippen molar-refractivity contribution in [3.63, 3.8) is 0 Å². The molecule has 0 bridgehead atoms. The number of aromatic nitrogens is 2. The Labute approximate surface area is 120 Å². The average Bonchev–Trinajstić information content (AvgIpc) is 2.74. The third-order valence-corrected chi connectivity index (χ3v) is 2.82. The minimum Gasteiger partial charge on any atom is -0.453 e. The largest absolute Gasteiger partial charge is 0.453 e. The molecule has 1 N–H and O–H groups in total. The van der Waals surface area contributed by atoms with Crippen LogP contribution in [0.3, 0.4) is 0 Å². The topological polar surface area (TPSA) is 76.5 Å². The summed E-state index contributed by atoms with van der Waals surface area (Å²) in [5.41, 5.74) is 1.04. The highest BCUT2D eigenvalue weighted by Crippen LogP contribution is 2.23. The smallest absolute Gasteiger partial charge is 0.413 e. The van der Waals surface area contributed by atoms with Crippen molar-refractivity contribution >= 4 is 40.7 Å². The van der Waals surface area contributed by atoms with Crippen LogP contribution in [0.15, 0.2) is 18.2 Å². The summed E-state index contributed by atoms with van der Waals surface area (Å²) in [6.07, 6.45) is -0.709. The van der Waals surface area contributed by atoms with Crippen LogP contribution in [0.25, 0.3) is 11.0 Å². The number of hydrogen-bond acceptors (Lipinski definition) is 4. The number of carbonyl (C=O) groups is 2. The number of amides is 2. The molecule has 7 nitrogen and oxygen atoms in total. The lowest BCUT2D eigenvalue weighted by atomic mass is 10.3. The van der Waals surface area contributed by atoms with Crippen molar-refractivity contribution in [3.05, 3.63) is 23.2 Å². The Morgan fingerprint density at radius 1 is 1.40 bits per heavy atom. The minimum absolute atomic E-state index is 0.0767. The molecule has 0 aliphatic rings. The van der Waals surface area contributed by atoms with Crippen molar-refractivity contribution in [1.82, 2.24) is 14.5 Å². The highest BCUT2D eigenvalue weighted by Gasteiger charge is 2.20. The number of imidazole rings is 1. The minimum atomic E-state index is -0.709. The molecule has 0 spiro atoms. The Morgan fingerprint density at radius 3 is 2.70 bits per heavy atom. The molecule has 0 saturated carbocycles. The highest BCUT2D eigenvalue weighted by atomic mass is 35.5. The van der Waals surface area contributed by atoms with Gasteiger partial charge in [-0.25, -0.2) is 19.1 Å². The van der Waals surface area contributed by atoms with Crippen LogP contribution >= 0.6 is 11.6 Å². The van der Waals surface area contributed by atoms with Crippen LogP contribution in [0.4, 0.5) is 15.5 Å². The quantitative estimate of drug-likeness (QED) is 0.876. The van der Waals surface area contributed by atoms with Crippen LogP contribution < -0.4 is 5.32 Å². The van der Waals surface area contributed by atoms with E-state index in [1.807, 2.05) is 0 Å². The lowest BCUT2D eigenvalue weighted by Crippen LogP contribution is -2.29. The Hall–Kier alpha value is -2.28. The molecule has 1 aromatic heterocycles. The number of rotatable bonds is 1. The van der Waals surface area contributed by atoms with Crippen molar-refractivity contribution in [2.75, 3.05) is 26.5 Å². The van der Waals surface area contributed by atoms with Crippen molar-refractivity contribution in [2.24, 2.45) is 0 Å². The monoisotopic (exact) mass is 296 g/mol. The predicted molar refractivity (Wildman–Crippen MR) is 75.3 cm³/mol. The number of methoxy groups -OCH3 is 1. The third kappa shape index (κ3) is 2.53. The molecule has 106 valence electrons. The molecular weight excluding hydrogens is 284 g/mol. The van der Waals surface area contributed by atoms with E-state index >= 15 is 0 Å². The van der Waals surface area contributed by atoms with Gasteiger partial charge in [-0.2, -0.15) is 0 Å². The van der Waals surface area contributed by atoms with E-state index in [0.717, 1.165) is 0 Å². The molecule has 0 aliphatic carbocycles. The second-order valence-electron chi connectivity index (χ2n) is 4.20. The zero-order valence-corrected chi connectivity index (χ0v) is 11.9. The summed E-state index contributed by atoms with van der Waals surface area (Å²) in [5.74, 6) is 0.0767.